The number of aromatic nitrogens is 2. The van der Waals surface area contributed by atoms with Gasteiger partial charge in [0, 0.05) is 50.0 Å². The molecule has 0 saturated carbocycles. The molecular formula is C20H25ClN4O. The van der Waals surface area contributed by atoms with Gasteiger partial charge in [-0.25, -0.2) is 0 Å². The predicted molar refractivity (Wildman–Crippen MR) is 102 cm³/mol. The number of hydrogen-bond acceptors (Lipinski definition) is 3. The van der Waals surface area contributed by atoms with Gasteiger partial charge in [0.1, 0.15) is 0 Å². The van der Waals surface area contributed by atoms with E-state index in [4.69, 9.17) is 11.6 Å². The van der Waals surface area contributed by atoms with Crippen molar-refractivity contribution in [3.63, 3.8) is 0 Å². The van der Waals surface area contributed by atoms with Crippen LogP contribution in [0.2, 0.25) is 5.02 Å². The lowest BCUT2D eigenvalue weighted by Crippen LogP contribution is -2.28. The van der Waals surface area contributed by atoms with Gasteiger partial charge in [-0.15, -0.1) is 0 Å². The first-order valence-corrected chi connectivity index (χ1v) is 9.87. The van der Waals surface area contributed by atoms with Gasteiger partial charge in [0.25, 0.3) is 0 Å². The van der Waals surface area contributed by atoms with Crippen LogP contribution in [0.25, 0.3) is 0 Å². The molecule has 1 aromatic carbocycles. The summed E-state index contributed by atoms with van der Waals surface area (Å²) in [6.07, 6.45) is 3.33. The molecule has 1 saturated heterocycles. The molecule has 138 valence electrons. The molecule has 2 aliphatic heterocycles. The summed E-state index contributed by atoms with van der Waals surface area (Å²) in [5, 5.41) is 8.88. The van der Waals surface area contributed by atoms with Crippen LogP contribution >= 0.6 is 11.6 Å². The number of hydrogen-bond donors (Lipinski definition) is 1. The molecule has 0 spiro atoms. The Morgan fingerprint density at radius 3 is 3.08 bits per heavy atom. The number of carbonyl (C=O) groups is 1. The summed E-state index contributed by atoms with van der Waals surface area (Å²) >= 11 is 6.31. The molecule has 0 bridgehead atoms. The number of rotatable bonds is 4. The highest BCUT2D eigenvalue weighted by atomic mass is 35.5. The average molecular weight is 373 g/mol. The molecule has 6 heteroatoms. The second-order valence-corrected chi connectivity index (χ2v) is 7.63. The standard InChI is InChI=1S/C20H25ClN4O/c21-19-5-2-1-4-18(19)15-8-11-24(14-15)20(26)7-6-16-12-17-13-22-9-3-10-25(17)23-16/h1-2,4-5,12,15,22H,3,6-11,13-14H2/t15-/m1/s1. The number of likely N-dealkylation sites (tertiary alicyclic amines) is 1. The summed E-state index contributed by atoms with van der Waals surface area (Å²) in [5.41, 5.74) is 3.42. The molecule has 0 unspecified atom stereocenters. The number of nitrogens with zero attached hydrogens (tertiary/aromatic N) is 3. The zero-order valence-electron chi connectivity index (χ0n) is 15.0. The minimum atomic E-state index is 0.223. The molecule has 2 aromatic rings. The largest absolute Gasteiger partial charge is 0.342 e. The van der Waals surface area contributed by atoms with E-state index in [1.54, 1.807) is 0 Å². The predicted octanol–water partition coefficient (Wildman–Crippen LogP) is 2.98. The smallest absolute Gasteiger partial charge is 0.222 e. The SMILES string of the molecule is O=C(CCc1cc2n(n1)CCCNC2)N1CC[C@@H](c2ccccc2Cl)C1. The van der Waals surface area contributed by atoms with E-state index in [1.165, 1.54) is 5.69 Å². The maximum atomic E-state index is 12.6. The summed E-state index contributed by atoms with van der Waals surface area (Å²) in [5.74, 6) is 0.572. The lowest BCUT2D eigenvalue weighted by Gasteiger charge is -2.17. The highest BCUT2D eigenvalue weighted by Crippen LogP contribution is 2.32. The zero-order valence-corrected chi connectivity index (χ0v) is 15.7. The van der Waals surface area contributed by atoms with Crippen LogP contribution in [0.15, 0.2) is 30.3 Å². The molecule has 2 aliphatic rings. The molecule has 0 radical (unpaired) electrons. The summed E-state index contributed by atoms with van der Waals surface area (Å²) in [6.45, 7) is 4.46. The van der Waals surface area contributed by atoms with E-state index in [9.17, 15) is 4.79 Å². The van der Waals surface area contributed by atoms with Gasteiger partial charge in [-0.1, -0.05) is 29.8 Å². The molecule has 5 nitrogen and oxygen atoms in total. The first-order chi connectivity index (χ1) is 12.7. The number of nitrogens with one attached hydrogen (secondary N) is 1. The minimum Gasteiger partial charge on any atom is -0.342 e. The van der Waals surface area contributed by atoms with E-state index in [0.29, 0.717) is 18.8 Å². The highest BCUT2D eigenvalue weighted by Gasteiger charge is 2.28. The van der Waals surface area contributed by atoms with E-state index in [-0.39, 0.29) is 5.91 Å². The minimum absolute atomic E-state index is 0.223. The fraction of sp³-hybridized carbons (Fsp3) is 0.500. The Kier molecular flexibility index (Phi) is 5.27. The van der Waals surface area contributed by atoms with Gasteiger partial charge in [-0.05, 0) is 37.1 Å². The Bertz CT molecular complexity index is 764. The lowest BCUT2D eigenvalue weighted by molar-refractivity contribution is -0.130. The van der Waals surface area contributed by atoms with Crippen molar-refractivity contribution in [1.82, 2.24) is 20.0 Å². The van der Waals surface area contributed by atoms with E-state index < -0.39 is 0 Å². The number of aryl methyl sites for hydroxylation is 2. The van der Waals surface area contributed by atoms with E-state index in [1.807, 2.05) is 23.1 Å². The van der Waals surface area contributed by atoms with Crippen molar-refractivity contribution in [1.29, 1.82) is 0 Å². The third-order valence-electron chi connectivity index (χ3n) is 5.42. The quantitative estimate of drug-likeness (QED) is 0.897. The fourth-order valence-electron chi connectivity index (χ4n) is 3.98. The van der Waals surface area contributed by atoms with E-state index in [0.717, 1.165) is 61.8 Å². The second kappa shape index (κ2) is 7.80. The Balaban J connectivity index is 1.32. The van der Waals surface area contributed by atoms with Crippen molar-refractivity contribution in [3.8, 4) is 0 Å². The molecular weight excluding hydrogens is 348 g/mol. The van der Waals surface area contributed by atoms with Crippen LogP contribution in [0.3, 0.4) is 0 Å². The fourth-order valence-corrected chi connectivity index (χ4v) is 4.27. The van der Waals surface area contributed by atoms with Crippen molar-refractivity contribution < 1.29 is 4.79 Å². The van der Waals surface area contributed by atoms with Crippen LogP contribution < -0.4 is 5.32 Å². The number of benzene rings is 1. The maximum Gasteiger partial charge on any atom is 0.222 e. The molecule has 1 fully saturated rings. The van der Waals surface area contributed by atoms with Crippen LogP contribution in [0.4, 0.5) is 0 Å². The second-order valence-electron chi connectivity index (χ2n) is 7.23. The van der Waals surface area contributed by atoms with Crippen molar-refractivity contribution in [2.24, 2.45) is 0 Å². The first-order valence-electron chi connectivity index (χ1n) is 9.49. The van der Waals surface area contributed by atoms with Gasteiger partial charge < -0.3 is 10.2 Å². The van der Waals surface area contributed by atoms with E-state index in [2.05, 4.69) is 27.2 Å². The van der Waals surface area contributed by atoms with Crippen molar-refractivity contribution in [2.45, 2.75) is 44.7 Å². The number of fused-ring (bicyclic) bond motifs is 1. The van der Waals surface area contributed by atoms with Crippen molar-refractivity contribution in [2.75, 3.05) is 19.6 Å². The highest BCUT2D eigenvalue weighted by molar-refractivity contribution is 6.31. The number of carbonyl (C=O) groups excluding carboxylic acids is 1. The normalized spacial score (nSPS) is 20.0. The number of halogens is 1. The zero-order chi connectivity index (χ0) is 17.9. The van der Waals surface area contributed by atoms with Crippen molar-refractivity contribution in [3.05, 3.63) is 52.3 Å². The molecule has 1 aromatic heterocycles. The van der Waals surface area contributed by atoms with E-state index >= 15 is 0 Å². The third kappa shape index (κ3) is 3.79. The molecule has 1 N–H and O–H groups in total. The van der Waals surface area contributed by atoms with Crippen LogP contribution in [-0.2, 0) is 24.3 Å². The third-order valence-corrected chi connectivity index (χ3v) is 5.77. The summed E-state index contributed by atoms with van der Waals surface area (Å²) in [4.78, 5) is 14.6. The van der Waals surface area contributed by atoms with Gasteiger partial charge in [0.2, 0.25) is 5.91 Å². The lowest BCUT2D eigenvalue weighted by atomic mass is 9.98. The molecule has 1 amide bonds. The summed E-state index contributed by atoms with van der Waals surface area (Å²) in [7, 11) is 0. The Morgan fingerprint density at radius 2 is 2.19 bits per heavy atom. The Morgan fingerprint density at radius 1 is 1.31 bits per heavy atom. The van der Waals surface area contributed by atoms with Gasteiger partial charge >= 0.3 is 0 Å². The van der Waals surface area contributed by atoms with Crippen LogP contribution in [0.5, 0.6) is 0 Å². The number of amides is 1. The molecule has 1 atom stereocenters. The van der Waals surface area contributed by atoms with Crippen molar-refractivity contribution >= 4 is 17.5 Å². The summed E-state index contributed by atoms with van der Waals surface area (Å²) in [6, 6.07) is 10.1. The average Bonchev–Trinajstić information content (AvgIpc) is 3.23. The van der Waals surface area contributed by atoms with Gasteiger partial charge in [0.15, 0.2) is 0 Å². The molecule has 3 heterocycles. The Hall–Kier alpha value is -1.85. The summed E-state index contributed by atoms with van der Waals surface area (Å²) < 4.78 is 2.09. The van der Waals surface area contributed by atoms with Gasteiger partial charge in [-0.3, -0.25) is 9.48 Å². The molecule has 26 heavy (non-hydrogen) atoms. The first kappa shape index (κ1) is 17.6. The van der Waals surface area contributed by atoms with Crippen LogP contribution in [0.1, 0.15) is 42.1 Å². The molecule has 4 rings (SSSR count). The van der Waals surface area contributed by atoms with Gasteiger partial charge in [0.05, 0.1) is 11.4 Å². The maximum absolute atomic E-state index is 12.6. The van der Waals surface area contributed by atoms with Crippen LogP contribution in [0, 0.1) is 0 Å². The Labute approximate surface area is 159 Å². The topological polar surface area (TPSA) is 50.2 Å². The van der Waals surface area contributed by atoms with Gasteiger partial charge in [-0.2, -0.15) is 5.10 Å². The monoisotopic (exact) mass is 372 g/mol. The van der Waals surface area contributed by atoms with Crippen LogP contribution in [-0.4, -0.2) is 40.2 Å². The molecule has 0 aliphatic carbocycles.